The summed E-state index contributed by atoms with van der Waals surface area (Å²) in [7, 11) is 0. The highest BCUT2D eigenvalue weighted by Crippen LogP contribution is 2.24. The molecule has 1 saturated heterocycles. The van der Waals surface area contributed by atoms with E-state index in [2.05, 4.69) is 0 Å². The van der Waals surface area contributed by atoms with Gasteiger partial charge in [-0.1, -0.05) is 18.2 Å². The number of hydrogen-bond donors (Lipinski definition) is 0. The van der Waals surface area contributed by atoms with Crippen LogP contribution in [0.5, 0.6) is 5.75 Å². The zero-order valence-electron chi connectivity index (χ0n) is 6.36. The lowest BCUT2D eigenvalue weighted by molar-refractivity contribution is 0.178. The van der Waals surface area contributed by atoms with Crippen LogP contribution < -0.4 is 4.74 Å². The molecular formula is C9H10O2. The second-order valence-corrected chi connectivity index (χ2v) is 2.64. The van der Waals surface area contributed by atoms with Gasteiger partial charge in [0, 0.05) is 0 Å². The van der Waals surface area contributed by atoms with Crippen molar-refractivity contribution in [3.05, 3.63) is 30.3 Å². The highest BCUT2D eigenvalue weighted by molar-refractivity contribution is 5.21. The fourth-order valence-electron chi connectivity index (χ4n) is 0.923. The Kier molecular flexibility index (Phi) is 1.55. The van der Waals surface area contributed by atoms with Crippen molar-refractivity contribution in [2.45, 2.75) is 19.3 Å². The summed E-state index contributed by atoms with van der Waals surface area (Å²) in [4.78, 5) is 0. The average Bonchev–Trinajstić information content (AvgIpc) is 2.69. The van der Waals surface area contributed by atoms with Gasteiger partial charge in [0.2, 0.25) is 6.29 Å². The van der Waals surface area contributed by atoms with E-state index in [9.17, 15) is 0 Å². The van der Waals surface area contributed by atoms with E-state index in [1.807, 2.05) is 37.3 Å². The third-order valence-corrected chi connectivity index (χ3v) is 1.65. The van der Waals surface area contributed by atoms with Crippen molar-refractivity contribution < 1.29 is 9.47 Å². The molecule has 0 aliphatic carbocycles. The number of hydrogen-bond acceptors (Lipinski definition) is 2. The fraction of sp³-hybridized carbons (Fsp3) is 0.333. The van der Waals surface area contributed by atoms with E-state index in [1.165, 1.54) is 0 Å². The summed E-state index contributed by atoms with van der Waals surface area (Å²) in [6.07, 6.45) is 0.243. The molecule has 0 amide bonds. The van der Waals surface area contributed by atoms with Crippen LogP contribution in [0.4, 0.5) is 0 Å². The molecule has 0 saturated carbocycles. The molecule has 2 heteroatoms. The Labute approximate surface area is 65.7 Å². The van der Waals surface area contributed by atoms with Crippen molar-refractivity contribution in [2.75, 3.05) is 0 Å². The second kappa shape index (κ2) is 2.55. The number of rotatable bonds is 2. The maximum absolute atomic E-state index is 5.42. The molecule has 2 unspecified atom stereocenters. The molecule has 0 radical (unpaired) electrons. The lowest BCUT2D eigenvalue weighted by Crippen LogP contribution is -2.00. The molecule has 1 aromatic rings. The van der Waals surface area contributed by atoms with Crippen molar-refractivity contribution in [1.29, 1.82) is 0 Å². The van der Waals surface area contributed by atoms with Crippen molar-refractivity contribution in [3.63, 3.8) is 0 Å². The minimum atomic E-state index is -0.0163. The van der Waals surface area contributed by atoms with Gasteiger partial charge in [-0.3, -0.25) is 0 Å². The number of para-hydroxylation sites is 1. The van der Waals surface area contributed by atoms with Crippen molar-refractivity contribution >= 4 is 0 Å². The Hall–Kier alpha value is -1.02. The van der Waals surface area contributed by atoms with Crippen LogP contribution >= 0.6 is 0 Å². The van der Waals surface area contributed by atoms with Gasteiger partial charge in [-0.15, -0.1) is 0 Å². The Morgan fingerprint density at radius 1 is 1.27 bits per heavy atom. The van der Waals surface area contributed by atoms with Crippen LogP contribution in [0.25, 0.3) is 0 Å². The van der Waals surface area contributed by atoms with E-state index in [1.54, 1.807) is 0 Å². The fourth-order valence-corrected chi connectivity index (χ4v) is 0.923. The smallest absolute Gasteiger partial charge is 0.226 e. The molecule has 2 nitrogen and oxygen atoms in total. The summed E-state index contributed by atoms with van der Waals surface area (Å²) in [5.41, 5.74) is 0. The van der Waals surface area contributed by atoms with E-state index >= 15 is 0 Å². The molecule has 0 bridgehead atoms. The van der Waals surface area contributed by atoms with Crippen LogP contribution in [0.15, 0.2) is 30.3 Å². The van der Waals surface area contributed by atoms with Crippen LogP contribution in [0.2, 0.25) is 0 Å². The molecule has 11 heavy (non-hydrogen) atoms. The molecule has 0 spiro atoms. The monoisotopic (exact) mass is 150 g/mol. The lowest BCUT2D eigenvalue weighted by Gasteiger charge is -1.99. The molecule has 58 valence electrons. The Morgan fingerprint density at radius 2 is 1.91 bits per heavy atom. The average molecular weight is 150 g/mol. The molecule has 0 N–H and O–H groups in total. The number of epoxide rings is 1. The zero-order chi connectivity index (χ0) is 7.68. The van der Waals surface area contributed by atoms with Gasteiger partial charge in [-0.2, -0.15) is 0 Å². The topological polar surface area (TPSA) is 21.8 Å². The molecule has 2 rings (SSSR count). The van der Waals surface area contributed by atoms with Crippen molar-refractivity contribution in [3.8, 4) is 5.75 Å². The summed E-state index contributed by atoms with van der Waals surface area (Å²) < 4.78 is 10.5. The Bertz CT molecular complexity index is 233. The Morgan fingerprint density at radius 3 is 2.45 bits per heavy atom. The van der Waals surface area contributed by atoms with E-state index in [-0.39, 0.29) is 12.4 Å². The minimum absolute atomic E-state index is 0.0163. The molecular weight excluding hydrogens is 140 g/mol. The van der Waals surface area contributed by atoms with Gasteiger partial charge < -0.3 is 9.47 Å². The van der Waals surface area contributed by atoms with Crippen molar-refractivity contribution in [1.82, 2.24) is 0 Å². The SMILES string of the molecule is CC1OC1Oc1ccccc1. The molecule has 0 aromatic heterocycles. The van der Waals surface area contributed by atoms with E-state index < -0.39 is 0 Å². The van der Waals surface area contributed by atoms with Crippen LogP contribution in [0, 0.1) is 0 Å². The highest BCUT2D eigenvalue weighted by Gasteiger charge is 2.36. The first-order valence-electron chi connectivity index (χ1n) is 3.73. The first kappa shape index (κ1) is 6.68. The van der Waals surface area contributed by atoms with Crippen LogP contribution in [-0.4, -0.2) is 12.4 Å². The van der Waals surface area contributed by atoms with Gasteiger partial charge in [-0.25, -0.2) is 0 Å². The maximum Gasteiger partial charge on any atom is 0.226 e. The number of ether oxygens (including phenoxy) is 2. The van der Waals surface area contributed by atoms with E-state index in [0.717, 1.165) is 5.75 Å². The molecule has 1 fully saturated rings. The van der Waals surface area contributed by atoms with Gasteiger partial charge in [0.15, 0.2) is 0 Å². The van der Waals surface area contributed by atoms with Crippen LogP contribution in [-0.2, 0) is 4.74 Å². The number of benzene rings is 1. The van der Waals surface area contributed by atoms with E-state index in [4.69, 9.17) is 9.47 Å². The second-order valence-electron chi connectivity index (χ2n) is 2.64. The summed E-state index contributed by atoms with van der Waals surface area (Å²) in [5.74, 6) is 0.877. The summed E-state index contributed by atoms with van der Waals surface area (Å²) in [6.45, 7) is 1.99. The maximum atomic E-state index is 5.42. The van der Waals surface area contributed by atoms with Gasteiger partial charge in [0.25, 0.3) is 0 Å². The van der Waals surface area contributed by atoms with Gasteiger partial charge in [0.1, 0.15) is 11.9 Å². The third-order valence-electron chi connectivity index (χ3n) is 1.65. The molecule has 1 aliphatic rings. The molecule has 1 aromatic carbocycles. The first-order chi connectivity index (χ1) is 5.36. The lowest BCUT2D eigenvalue weighted by atomic mass is 10.3. The van der Waals surface area contributed by atoms with Crippen molar-refractivity contribution in [2.24, 2.45) is 0 Å². The van der Waals surface area contributed by atoms with Gasteiger partial charge >= 0.3 is 0 Å². The highest BCUT2D eigenvalue weighted by atomic mass is 16.8. The Balaban J connectivity index is 1.97. The predicted octanol–water partition coefficient (Wildman–Crippen LogP) is 1.81. The van der Waals surface area contributed by atoms with Gasteiger partial charge in [-0.05, 0) is 19.1 Å². The predicted molar refractivity (Wildman–Crippen MR) is 41.4 cm³/mol. The molecule has 2 atom stereocenters. The zero-order valence-corrected chi connectivity index (χ0v) is 6.36. The summed E-state index contributed by atoms with van der Waals surface area (Å²) >= 11 is 0. The quantitative estimate of drug-likeness (QED) is 0.600. The summed E-state index contributed by atoms with van der Waals surface area (Å²) in [5, 5.41) is 0. The largest absolute Gasteiger partial charge is 0.462 e. The van der Waals surface area contributed by atoms with Crippen LogP contribution in [0.3, 0.4) is 0 Å². The molecule has 1 aliphatic heterocycles. The molecule has 1 heterocycles. The summed E-state index contributed by atoms with van der Waals surface area (Å²) in [6, 6.07) is 9.71. The normalized spacial score (nSPS) is 28.1. The van der Waals surface area contributed by atoms with Crippen LogP contribution in [0.1, 0.15) is 6.92 Å². The minimum Gasteiger partial charge on any atom is -0.462 e. The third kappa shape index (κ3) is 1.52. The first-order valence-corrected chi connectivity index (χ1v) is 3.73. The standard InChI is InChI=1S/C9H10O2/c1-7-9(10-7)11-8-5-3-2-4-6-8/h2-7,9H,1H3. The van der Waals surface area contributed by atoms with Gasteiger partial charge in [0.05, 0.1) is 0 Å². The van der Waals surface area contributed by atoms with E-state index in [0.29, 0.717) is 0 Å².